The van der Waals surface area contributed by atoms with Gasteiger partial charge in [0.2, 0.25) is 0 Å². The lowest BCUT2D eigenvalue weighted by atomic mass is 10.1. The van der Waals surface area contributed by atoms with Gasteiger partial charge in [0.15, 0.2) is 0 Å². The third-order valence-electron chi connectivity index (χ3n) is 3.00. The second kappa shape index (κ2) is 5.67. The van der Waals surface area contributed by atoms with E-state index in [1.807, 2.05) is 51.1 Å². The largest absolute Gasteiger partial charge is 0.382 e. The average molecular weight is 290 g/mol. The highest BCUT2D eigenvalue weighted by molar-refractivity contribution is 7.86. The Labute approximate surface area is 120 Å². The standard InChI is InChI=1S/C16H18O3S/c1-12-9-13(2)16(14(3)10-12)19-20(17,18)11-15-7-5-4-6-8-15/h4-10H,11H2,1-3H3. The van der Waals surface area contributed by atoms with Crippen molar-refractivity contribution >= 4 is 10.1 Å². The van der Waals surface area contributed by atoms with Gasteiger partial charge in [-0.05, 0) is 37.5 Å². The summed E-state index contributed by atoms with van der Waals surface area (Å²) in [5.41, 5.74) is 3.47. The molecule has 0 aromatic heterocycles. The average Bonchev–Trinajstić information content (AvgIpc) is 2.34. The predicted octanol–water partition coefficient (Wildman–Crippen LogP) is 3.52. The monoisotopic (exact) mass is 290 g/mol. The molecule has 0 saturated heterocycles. The summed E-state index contributed by atoms with van der Waals surface area (Å²) in [6.45, 7) is 5.68. The van der Waals surface area contributed by atoms with Gasteiger partial charge in [0.1, 0.15) is 11.5 Å². The second-order valence-corrected chi connectivity index (χ2v) is 6.57. The van der Waals surface area contributed by atoms with E-state index in [2.05, 4.69) is 0 Å². The fourth-order valence-corrected chi connectivity index (χ4v) is 3.41. The van der Waals surface area contributed by atoms with Gasteiger partial charge < -0.3 is 4.18 Å². The maximum atomic E-state index is 12.1. The molecule has 3 nitrogen and oxygen atoms in total. The number of aryl methyl sites for hydroxylation is 3. The molecule has 0 amide bonds. The van der Waals surface area contributed by atoms with Crippen LogP contribution in [-0.2, 0) is 15.9 Å². The molecule has 0 radical (unpaired) electrons. The van der Waals surface area contributed by atoms with Crippen LogP contribution in [0.4, 0.5) is 0 Å². The molecule has 0 fully saturated rings. The molecule has 0 heterocycles. The Hall–Kier alpha value is -1.81. The first-order valence-corrected chi connectivity index (χ1v) is 7.99. The maximum Gasteiger partial charge on any atom is 0.313 e. The zero-order chi connectivity index (χ0) is 14.8. The van der Waals surface area contributed by atoms with E-state index >= 15 is 0 Å². The van der Waals surface area contributed by atoms with Crippen molar-refractivity contribution in [3.05, 3.63) is 64.7 Å². The summed E-state index contributed by atoms with van der Waals surface area (Å²) in [5, 5.41) is 0. The minimum Gasteiger partial charge on any atom is -0.382 e. The highest BCUT2D eigenvalue weighted by Crippen LogP contribution is 2.26. The fourth-order valence-electron chi connectivity index (χ4n) is 2.23. The summed E-state index contributed by atoms with van der Waals surface area (Å²) in [4.78, 5) is 0. The topological polar surface area (TPSA) is 43.4 Å². The normalized spacial score (nSPS) is 11.3. The Kier molecular flexibility index (Phi) is 4.14. The minimum atomic E-state index is -3.65. The van der Waals surface area contributed by atoms with Gasteiger partial charge in [-0.2, -0.15) is 8.42 Å². The first-order valence-electron chi connectivity index (χ1n) is 6.41. The van der Waals surface area contributed by atoms with Crippen LogP contribution in [0.25, 0.3) is 0 Å². The van der Waals surface area contributed by atoms with E-state index in [1.165, 1.54) is 0 Å². The lowest BCUT2D eigenvalue weighted by molar-refractivity contribution is 0.481. The van der Waals surface area contributed by atoms with Crippen molar-refractivity contribution in [1.29, 1.82) is 0 Å². The number of rotatable bonds is 4. The van der Waals surface area contributed by atoms with Crippen LogP contribution in [-0.4, -0.2) is 8.42 Å². The van der Waals surface area contributed by atoms with Crippen LogP contribution in [0, 0.1) is 20.8 Å². The minimum absolute atomic E-state index is 0.124. The Balaban J connectivity index is 2.25. The van der Waals surface area contributed by atoms with Gasteiger partial charge in [-0.25, -0.2) is 0 Å². The molecular formula is C16H18O3S. The Morgan fingerprint density at radius 3 is 2.05 bits per heavy atom. The molecule has 0 aliphatic heterocycles. The maximum absolute atomic E-state index is 12.1. The predicted molar refractivity (Wildman–Crippen MR) is 80.3 cm³/mol. The van der Waals surface area contributed by atoms with Crippen molar-refractivity contribution in [3.63, 3.8) is 0 Å². The van der Waals surface area contributed by atoms with Crippen LogP contribution in [0.15, 0.2) is 42.5 Å². The fraction of sp³-hybridized carbons (Fsp3) is 0.250. The first kappa shape index (κ1) is 14.6. The van der Waals surface area contributed by atoms with Crippen molar-refractivity contribution in [2.75, 3.05) is 0 Å². The third-order valence-corrected chi connectivity index (χ3v) is 4.11. The summed E-state index contributed by atoms with van der Waals surface area (Å²) in [7, 11) is -3.65. The molecule has 2 aromatic rings. The van der Waals surface area contributed by atoms with Gasteiger partial charge >= 0.3 is 10.1 Å². The van der Waals surface area contributed by atoms with Crippen LogP contribution >= 0.6 is 0 Å². The van der Waals surface area contributed by atoms with Crippen molar-refractivity contribution in [2.45, 2.75) is 26.5 Å². The summed E-state index contributed by atoms with van der Waals surface area (Å²) in [6, 6.07) is 12.9. The van der Waals surface area contributed by atoms with Gasteiger partial charge in [-0.1, -0.05) is 48.0 Å². The molecule has 4 heteroatoms. The van der Waals surface area contributed by atoms with E-state index in [0.717, 1.165) is 22.3 Å². The molecule has 20 heavy (non-hydrogen) atoms. The highest BCUT2D eigenvalue weighted by Gasteiger charge is 2.17. The molecule has 0 N–H and O–H groups in total. The lowest BCUT2D eigenvalue weighted by Crippen LogP contribution is -2.13. The number of benzene rings is 2. The SMILES string of the molecule is Cc1cc(C)c(OS(=O)(=O)Cc2ccccc2)c(C)c1. The molecule has 0 aliphatic rings. The van der Waals surface area contributed by atoms with Gasteiger partial charge in [-0.15, -0.1) is 0 Å². The van der Waals surface area contributed by atoms with Crippen LogP contribution in [0.3, 0.4) is 0 Å². The second-order valence-electron chi connectivity index (χ2n) is 5.00. The van der Waals surface area contributed by atoms with E-state index < -0.39 is 10.1 Å². The Morgan fingerprint density at radius 1 is 0.950 bits per heavy atom. The van der Waals surface area contributed by atoms with E-state index in [9.17, 15) is 8.42 Å². The van der Waals surface area contributed by atoms with Crippen molar-refractivity contribution in [1.82, 2.24) is 0 Å². The Morgan fingerprint density at radius 2 is 1.50 bits per heavy atom. The molecule has 2 rings (SSSR count). The number of hydrogen-bond acceptors (Lipinski definition) is 3. The van der Waals surface area contributed by atoms with E-state index in [4.69, 9.17) is 4.18 Å². The first-order chi connectivity index (χ1) is 9.37. The summed E-state index contributed by atoms with van der Waals surface area (Å²) < 4.78 is 29.6. The molecule has 2 aromatic carbocycles. The number of hydrogen-bond donors (Lipinski definition) is 0. The van der Waals surface area contributed by atoms with Gasteiger partial charge in [0.05, 0.1) is 0 Å². The Bertz CT molecular complexity index is 681. The zero-order valence-corrected chi connectivity index (χ0v) is 12.7. The molecule has 0 bridgehead atoms. The van der Waals surface area contributed by atoms with Crippen LogP contribution in [0.2, 0.25) is 0 Å². The van der Waals surface area contributed by atoms with E-state index in [-0.39, 0.29) is 5.75 Å². The molecule has 0 spiro atoms. The van der Waals surface area contributed by atoms with Crippen molar-refractivity contribution in [2.24, 2.45) is 0 Å². The summed E-state index contributed by atoms with van der Waals surface area (Å²) >= 11 is 0. The smallest absolute Gasteiger partial charge is 0.313 e. The van der Waals surface area contributed by atoms with E-state index in [1.54, 1.807) is 12.1 Å². The molecule has 0 atom stereocenters. The molecule has 106 valence electrons. The van der Waals surface area contributed by atoms with Gasteiger partial charge in [0.25, 0.3) is 0 Å². The van der Waals surface area contributed by atoms with Gasteiger partial charge in [-0.3, -0.25) is 0 Å². The van der Waals surface area contributed by atoms with E-state index in [0.29, 0.717) is 5.75 Å². The van der Waals surface area contributed by atoms with Crippen molar-refractivity contribution < 1.29 is 12.6 Å². The quantitative estimate of drug-likeness (QED) is 0.809. The third kappa shape index (κ3) is 3.61. The molecule has 0 unspecified atom stereocenters. The molecule has 0 saturated carbocycles. The summed E-state index contributed by atoms with van der Waals surface area (Å²) in [5.74, 6) is 0.312. The lowest BCUT2D eigenvalue weighted by Gasteiger charge is -2.13. The van der Waals surface area contributed by atoms with Crippen LogP contribution in [0.1, 0.15) is 22.3 Å². The van der Waals surface area contributed by atoms with Gasteiger partial charge in [0, 0.05) is 0 Å². The van der Waals surface area contributed by atoms with Crippen LogP contribution < -0.4 is 4.18 Å². The molecular weight excluding hydrogens is 272 g/mol. The zero-order valence-electron chi connectivity index (χ0n) is 11.9. The van der Waals surface area contributed by atoms with Crippen molar-refractivity contribution in [3.8, 4) is 5.75 Å². The molecule has 0 aliphatic carbocycles. The highest BCUT2D eigenvalue weighted by atomic mass is 32.2. The summed E-state index contributed by atoms with van der Waals surface area (Å²) in [6.07, 6.45) is 0. The van der Waals surface area contributed by atoms with Crippen LogP contribution in [0.5, 0.6) is 5.75 Å².